The molecule has 0 aliphatic carbocycles. The maximum atomic E-state index is 12.3. The standard InChI is InChI=1S/C22H25N3O3/c1-27-21-13-17(14-23)9-10-20(21)28-16-22(26)24-15-19(25-11-5-6-12-25)18-7-3-2-4-8-18/h2-4,7-10,13,19H,5-6,11-12,15-16H2,1H3,(H,24,26). The summed E-state index contributed by atoms with van der Waals surface area (Å²) in [4.78, 5) is 14.8. The Morgan fingerprint density at radius 2 is 1.93 bits per heavy atom. The minimum atomic E-state index is -0.188. The molecule has 0 spiro atoms. The van der Waals surface area contributed by atoms with Crippen LogP contribution < -0.4 is 14.8 Å². The Bertz CT molecular complexity index is 827. The van der Waals surface area contributed by atoms with Crippen molar-refractivity contribution in [3.05, 3.63) is 59.7 Å². The molecule has 1 amide bonds. The van der Waals surface area contributed by atoms with Gasteiger partial charge in [0, 0.05) is 12.6 Å². The van der Waals surface area contributed by atoms with Gasteiger partial charge in [-0.2, -0.15) is 5.26 Å². The van der Waals surface area contributed by atoms with Crippen LogP contribution in [0.1, 0.15) is 30.0 Å². The first-order chi connectivity index (χ1) is 13.7. The van der Waals surface area contributed by atoms with Gasteiger partial charge in [-0.1, -0.05) is 30.3 Å². The molecule has 1 heterocycles. The Labute approximate surface area is 165 Å². The molecule has 1 aliphatic rings. The molecule has 28 heavy (non-hydrogen) atoms. The van der Waals surface area contributed by atoms with Crippen molar-refractivity contribution in [2.45, 2.75) is 18.9 Å². The van der Waals surface area contributed by atoms with E-state index in [-0.39, 0.29) is 18.6 Å². The van der Waals surface area contributed by atoms with E-state index < -0.39 is 0 Å². The van der Waals surface area contributed by atoms with Gasteiger partial charge in [0.1, 0.15) is 0 Å². The van der Waals surface area contributed by atoms with Gasteiger partial charge in [0.05, 0.1) is 24.8 Å². The second-order valence-corrected chi connectivity index (χ2v) is 6.74. The molecule has 1 atom stereocenters. The molecule has 1 fully saturated rings. The summed E-state index contributed by atoms with van der Waals surface area (Å²) in [7, 11) is 1.50. The summed E-state index contributed by atoms with van der Waals surface area (Å²) in [6, 6.07) is 17.3. The number of amides is 1. The van der Waals surface area contributed by atoms with Crippen molar-refractivity contribution in [2.75, 3.05) is 33.4 Å². The van der Waals surface area contributed by atoms with Crippen LogP contribution in [0.5, 0.6) is 11.5 Å². The predicted octanol–water partition coefficient (Wildman–Crippen LogP) is 2.90. The quantitative estimate of drug-likeness (QED) is 0.763. The van der Waals surface area contributed by atoms with Crippen LogP contribution in [-0.4, -0.2) is 44.2 Å². The molecule has 0 saturated carbocycles. The zero-order valence-corrected chi connectivity index (χ0v) is 16.1. The normalized spacial score (nSPS) is 14.9. The van der Waals surface area contributed by atoms with E-state index in [9.17, 15) is 4.79 Å². The minimum absolute atomic E-state index is 0.107. The molecule has 0 bridgehead atoms. The largest absolute Gasteiger partial charge is 0.493 e. The van der Waals surface area contributed by atoms with Crippen LogP contribution in [0.4, 0.5) is 0 Å². The first-order valence-corrected chi connectivity index (χ1v) is 9.48. The van der Waals surface area contributed by atoms with Gasteiger partial charge in [-0.25, -0.2) is 0 Å². The van der Waals surface area contributed by atoms with Gasteiger partial charge in [-0.3, -0.25) is 9.69 Å². The van der Waals surface area contributed by atoms with Gasteiger partial charge >= 0.3 is 0 Å². The second kappa shape index (κ2) is 9.77. The van der Waals surface area contributed by atoms with Gasteiger partial charge in [0.25, 0.3) is 5.91 Å². The first-order valence-electron chi connectivity index (χ1n) is 9.48. The topological polar surface area (TPSA) is 74.6 Å². The monoisotopic (exact) mass is 379 g/mol. The van der Waals surface area contributed by atoms with Crippen molar-refractivity contribution >= 4 is 5.91 Å². The molecule has 1 N–H and O–H groups in total. The van der Waals surface area contributed by atoms with E-state index in [1.54, 1.807) is 18.2 Å². The van der Waals surface area contributed by atoms with Gasteiger partial charge in [0.2, 0.25) is 0 Å². The molecule has 2 aromatic rings. The lowest BCUT2D eigenvalue weighted by molar-refractivity contribution is -0.123. The van der Waals surface area contributed by atoms with E-state index in [4.69, 9.17) is 14.7 Å². The number of likely N-dealkylation sites (tertiary alicyclic amines) is 1. The number of carbonyl (C=O) groups is 1. The number of nitriles is 1. The van der Waals surface area contributed by atoms with Crippen molar-refractivity contribution in [1.82, 2.24) is 10.2 Å². The van der Waals surface area contributed by atoms with Crippen molar-refractivity contribution < 1.29 is 14.3 Å². The van der Waals surface area contributed by atoms with E-state index in [0.717, 1.165) is 13.1 Å². The molecule has 1 unspecified atom stereocenters. The average Bonchev–Trinajstić information content (AvgIpc) is 3.27. The Morgan fingerprint density at radius 3 is 2.61 bits per heavy atom. The second-order valence-electron chi connectivity index (χ2n) is 6.74. The number of ether oxygens (including phenoxy) is 2. The molecule has 3 rings (SSSR count). The van der Waals surface area contributed by atoms with Crippen LogP contribution in [0.2, 0.25) is 0 Å². The molecule has 2 aromatic carbocycles. The number of hydrogen-bond acceptors (Lipinski definition) is 5. The Kier molecular flexibility index (Phi) is 6.88. The summed E-state index contributed by atoms with van der Waals surface area (Å²) >= 11 is 0. The van der Waals surface area contributed by atoms with Gasteiger partial charge in [0.15, 0.2) is 18.1 Å². The zero-order chi connectivity index (χ0) is 19.8. The number of nitrogens with one attached hydrogen (secondary N) is 1. The molecule has 146 valence electrons. The van der Waals surface area contributed by atoms with Crippen LogP contribution in [0, 0.1) is 11.3 Å². The summed E-state index contributed by atoms with van der Waals surface area (Å²) < 4.78 is 10.8. The fourth-order valence-electron chi connectivity index (χ4n) is 3.45. The zero-order valence-electron chi connectivity index (χ0n) is 16.1. The first kappa shape index (κ1) is 19.7. The van der Waals surface area contributed by atoms with Gasteiger partial charge in [-0.15, -0.1) is 0 Å². The fraction of sp³-hybridized carbons (Fsp3) is 0.364. The molecule has 6 heteroatoms. The van der Waals surface area contributed by atoms with Crippen molar-refractivity contribution in [1.29, 1.82) is 5.26 Å². The fourth-order valence-corrected chi connectivity index (χ4v) is 3.45. The van der Waals surface area contributed by atoms with E-state index in [1.165, 1.54) is 25.5 Å². The molecule has 1 saturated heterocycles. The van der Waals surface area contributed by atoms with E-state index in [2.05, 4.69) is 22.3 Å². The lowest BCUT2D eigenvalue weighted by Gasteiger charge is -2.28. The predicted molar refractivity (Wildman–Crippen MR) is 106 cm³/mol. The third kappa shape index (κ3) is 5.02. The van der Waals surface area contributed by atoms with Crippen LogP contribution in [0.3, 0.4) is 0 Å². The smallest absolute Gasteiger partial charge is 0.258 e. The summed E-state index contributed by atoms with van der Waals surface area (Å²) in [5, 5.41) is 11.9. The van der Waals surface area contributed by atoms with E-state index in [1.807, 2.05) is 24.3 Å². The highest BCUT2D eigenvalue weighted by atomic mass is 16.5. The maximum absolute atomic E-state index is 12.3. The third-order valence-corrected chi connectivity index (χ3v) is 4.91. The average molecular weight is 379 g/mol. The Hall–Kier alpha value is -3.04. The number of rotatable bonds is 8. The lowest BCUT2D eigenvalue weighted by atomic mass is 10.1. The van der Waals surface area contributed by atoms with Crippen LogP contribution in [-0.2, 0) is 4.79 Å². The molecule has 0 radical (unpaired) electrons. The SMILES string of the molecule is COc1cc(C#N)ccc1OCC(=O)NCC(c1ccccc1)N1CCCC1. The van der Waals surface area contributed by atoms with Crippen molar-refractivity contribution in [2.24, 2.45) is 0 Å². The van der Waals surface area contributed by atoms with Crippen molar-refractivity contribution in [3.63, 3.8) is 0 Å². The molecular formula is C22H25N3O3. The Balaban J connectivity index is 1.57. The van der Waals surface area contributed by atoms with Crippen molar-refractivity contribution in [3.8, 4) is 17.6 Å². The number of nitrogens with zero attached hydrogens (tertiary/aromatic N) is 2. The van der Waals surface area contributed by atoms with Gasteiger partial charge < -0.3 is 14.8 Å². The maximum Gasteiger partial charge on any atom is 0.258 e. The minimum Gasteiger partial charge on any atom is -0.493 e. The molecule has 1 aliphatic heterocycles. The molecular weight excluding hydrogens is 354 g/mol. The van der Waals surface area contributed by atoms with Gasteiger partial charge in [-0.05, 0) is 43.6 Å². The van der Waals surface area contributed by atoms with Crippen LogP contribution >= 0.6 is 0 Å². The summed E-state index contributed by atoms with van der Waals surface area (Å²) in [5.74, 6) is 0.688. The van der Waals surface area contributed by atoms with Crippen LogP contribution in [0.15, 0.2) is 48.5 Å². The molecule has 0 aromatic heterocycles. The van der Waals surface area contributed by atoms with E-state index in [0.29, 0.717) is 23.6 Å². The third-order valence-electron chi connectivity index (χ3n) is 4.91. The molecule has 6 nitrogen and oxygen atoms in total. The highest BCUT2D eigenvalue weighted by molar-refractivity contribution is 5.77. The summed E-state index contributed by atoms with van der Waals surface area (Å²) in [5.41, 5.74) is 1.68. The number of methoxy groups -OCH3 is 1. The number of hydrogen-bond donors (Lipinski definition) is 1. The number of benzene rings is 2. The summed E-state index contributed by atoms with van der Waals surface area (Å²) in [6.45, 7) is 2.53. The number of carbonyl (C=O) groups excluding carboxylic acids is 1. The summed E-state index contributed by atoms with van der Waals surface area (Å²) in [6.07, 6.45) is 2.39. The Morgan fingerprint density at radius 1 is 1.18 bits per heavy atom. The van der Waals surface area contributed by atoms with E-state index >= 15 is 0 Å². The highest BCUT2D eigenvalue weighted by Gasteiger charge is 2.23. The van der Waals surface area contributed by atoms with Crippen LogP contribution in [0.25, 0.3) is 0 Å². The lowest BCUT2D eigenvalue weighted by Crippen LogP contribution is -2.38. The highest BCUT2D eigenvalue weighted by Crippen LogP contribution is 2.28.